The Hall–Kier alpha value is -3.60. The number of rotatable bonds is 4. The van der Waals surface area contributed by atoms with Crippen LogP contribution in [-0.4, -0.2) is 62.1 Å². The fourth-order valence-electron chi connectivity index (χ4n) is 3.12. The maximum Gasteiger partial charge on any atom is 0.490 e. The van der Waals surface area contributed by atoms with Crippen LogP contribution in [0.4, 0.5) is 19.1 Å². The van der Waals surface area contributed by atoms with Gasteiger partial charge in [-0.15, -0.1) is 0 Å². The van der Waals surface area contributed by atoms with E-state index >= 15 is 0 Å². The van der Waals surface area contributed by atoms with E-state index in [1.54, 1.807) is 7.05 Å². The summed E-state index contributed by atoms with van der Waals surface area (Å²) < 4.78 is 35.9. The lowest BCUT2D eigenvalue weighted by molar-refractivity contribution is -0.192. The van der Waals surface area contributed by atoms with E-state index in [-0.39, 0.29) is 6.54 Å². The number of nitriles is 1. The zero-order valence-electron chi connectivity index (χ0n) is 18.3. The van der Waals surface area contributed by atoms with Gasteiger partial charge in [0.1, 0.15) is 6.54 Å². The van der Waals surface area contributed by atoms with Crippen LogP contribution in [0.2, 0.25) is 0 Å². The molecular weight excluding hydrogens is 447 g/mol. The van der Waals surface area contributed by atoms with Crippen molar-refractivity contribution in [1.82, 2.24) is 24.0 Å². The third kappa shape index (κ3) is 5.80. The standard InChI is InChI=1S/C17H23N7O2.C2HF3O2/c1-12(2)4-8-23-13-14(20-16(23)22-10-6-19-7-11-22)21(3)17(26)24(9-5-18)15(13)25;3-2(4,5)1(6)7/h4,19H,6-11H2,1-3H3;(H,6,7). The van der Waals surface area contributed by atoms with E-state index in [2.05, 4.69) is 15.2 Å². The van der Waals surface area contributed by atoms with E-state index in [1.165, 1.54) is 4.57 Å². The third-order valence-corrected chi connectivity index (χ3v) is 4.77. The van der Waals surface area contributed by atoms with Crippen molar-refractivity contribution in [1.29, 1.82) is 5.26 Å². The minimum absolute atomic E-state index is 0.280. The van der Waals surface area contributed by atoms with Crippen LogP contribution in [0.25, 0.3) is 11.2 Å². The summed E-state index contributed by atoms with van der Waals surface area (Å²) in [6.07, 6.45) is -3.06. The first kappa shape index (κ1) is 25.7. The fraction of sp³-hybridized carbons (Fsp3) is 0.526. The maximum absolute atomic E-state index is 12.9. The van der Waals surface area contributed by atoms with Crippen LogP contribution >= 0.6 is 0 Å². The molecule has 2 N–H and O–H groups in total. The van der Waals surface area contributed by atoms with Crippen LogP contribution in [0, 0.1) is 11.3 Å². The van der Waals surface area contributed by atoms with E-state index in [9.17, 15) is 22.8 Å². The number of imidazole rings is 1. The number of hydrogen-bond acceptors (Lipinski definition) is 7. The smallest absolute Gasteiger partial charge is 0.475 e. The Bertz CT molecular complexity index is 1210. The zero-order chi connectivity index (χ0) is 24.9. The number of anilines is 1. The van der Waals surface area contributed by atoms with Gasteiger partial charge in [0, 0.05) is 39.8 Å². The molecule has 0 aromatic carbocycles. The molecule has 0 aliphatic carbocycles. The first-order chi connectivity index (χ1) is 15.4. The second-order valence-electron chi connectivity index (χ2n) is 7.41. The molecule has 3 heterocycles. The monoisotopic (exact) mass is 471 g/mol. The van der Waals surface area contributed by atoms with Crippen LogP contribution in [-0.2, 0) is 24.9 Å². The lowest BCUT2D eigenvalue weighted by atomic mass is 10.3. The van der Waals surface area contributed by atoms with Gasteiger partial charge < -0.3 is 19.9 Å². The van der Waals surface area contributed by atoms with Gasteiger partial charge in [0.2, 0.25) is 5.95 Å². The summed E-state index contributed by atoms with van der Waals surface area (Å²) in [7, 11) is 1.58. The summed E-state index contributed by atoms with van der Waals surface area (Å²) in [4.78, 5) is 41.0. The fourth-order valence-corrected chi connectivity index (χ4v) is 3.12. The summed E-state index contributed by atoms with van der Waals surface area (Å²) in [6, 6.07) is 1.89. The number of aliphatic carboxylic acids is 1. The average molecular weight is 471 g/mol. The Morgan fingerprint density at radius 3 is 2.30 bits per heavy atom. The van der Waals surface area contributed by atoms with Crippen molar-refractivity contribution < 1.29 is 23.1 Å². The normalized spacial score (nSPS) is 13.8. The van der Waals surface area contributed by atoms with Gasteiger partial charge in [-0.2, -0.15) is 23.4 Å². The minimum Gasteiger partial charge on any atom is -0.475 e. The molecule has 3 rings (SSSR count). The molecule has 33 heavy (non-hydrogen) atoms. The van der Waals surface area contributed by atoms with E-state index in [1.807, 2.05) is 30.6 Å². The summed E-state index contributed by atoms with van der Waals surface area (Å²) in [5.74, 6) is -2.08. The molecule has 2 aromatic rings. The molecule has 0 amide bonds. The molecule has 0 unspecified atom stereocenters. The number of aryl methyl sites for hydroxylation is 1. The van der Waals surface area contributed by atoms with Gasteiger partial charge >= 0.3 is 17.8 Å². The van der Waals surface area contributed by atoms with Crippen molar-refractivity contribution in [3.8, 4) is 6.07 Å². The van der Waals surface area contributed by atoms with Crippen LogP contribution in [0.15, 0.2) is 21.2 Å². The predicted molar refractivity (Wildman–Crippen MR) is 113 cm³/mol. The number of carboxylic acids is 1. The number of nitrogens with one attached hydrogen (secondary N) is 1. The first-order valence-corrected chi connectivity index (χ1v) is 9.86. The zero-order valence-corrected chi connectivity index (χ0v) is 18.3. The molecule has 1 aliphatic heterocycles. The molecule has 1 saturated heterocycles. The van der Waals surface area contributed by atoms with Crippen LogP contribution < -0.4 is 21.5 Å². The van der Waals surface area contributed by atoms with Gasteiger partial charge in [-0.3, -0.25) is 9.36 Å². The topological polar surface area (TPSA) is 138 Å². The number of allylic oxidation sites excluding steroid dienone is 2. The molecule has 1 fully saturated rings. The second-order valence-corrected chi connectivity index (χ2v) is 7.41. The van der Waals surface area contributed by atoms with E-state index in [4.69, 9.17) is 15.2 Å². The van der Waals surface area contributed by atoms with Crippen molar-refractivity contribution in [2.75, 3.05) is 31.1 Å². The average Bonchev–Trinajstić information content (AvgIpc) is 3.14. The molecule has 180 valence electrons. The largest absolute Gasteiger partial charge is 0.490 e. The second kappa shape index (κ2) is 10.3. The van der Waals surface area contributed by atoms with Gasteiger partial charge in [0.25, 0.3) is 5.56 Å². The summed E-state index contributed by atoms with van der Waals surface area (Å²) in [5.41, 5.74) is 0.835. The first-order valence-electron chi connectivity index (χ1n) is 9.86. The Morgan fingerprint density at radius 1 is 1.24 bits per heavy atom. The highest BCUT2D eigenvalue weighted by atomic mass is 19.4. The molecule has 2 aromatic heterocycles. The molecular formula is C19H24F3N7O4. The van der Waals surface area contributed by atoms with Gasteiger partial charge in [0.15, 0.2) is 11.2 Å². The Labute approximate surface area is 186 Å². The number of halogens is 3. The van der Waals surface area contributed by atoms with E-state index in [0.717, 1.165) is 36.3 Å². The number of fused-ring (bicyclic) bond motifs is 1. The van der Waals surface area contributed by atoms with Crippen molar-refractivity contribution in [2.24, 2.45) is 7.05 Å². The van der Waals surface area contributed by atoms with Gasteiger partial charge in [-0.1, -0.05) is 11.6 Å². The van der Waals surface area contributed by atoms with Crippen LogP contribution in [0.3, 0.4) is 0 Å². The summed E-state index contributed by atoms with van der Waals surface area (Å²) in [6.45, 7) is 7.42. The van der Waals surface area contributed by atoms with Gasteiger partial charge in [0.05, 0.1) is 6.07 Å². The molecule has 0 spiro atoms. The number of carboxylic acid groups (broad SMARTS) is 1. The number of carbonyl (C=O) groups is 1. The third-order valence-electron chi connectivity index (χ3n) is 4.77. The molecule has 0 radical (unpaired) electrons. The van der Waals surface area contributed by atoms with Crippen LogP contribution in [0.5, 0.6) is 0 Å². The molecule has 0 bridgehead atoms. The quantitative estimate of drug-likeness (QED) is 0.613. The van der Waals surface area contributed by atoms with Crippen molar-refractivity contribution in [3.63, 3.8) is 0 Å². The van der Waals surface area contributed by atoms with Crippen molar-refractivity contribution >= 4 is 23.1 Å². The lowest BCUT2D eigenvalue weighted by Gasteiger charge is -2.28. The van der Waals surface area contributed by atoms with E-state index in [0.29, 0.717) is 23.7 Å². The number of aromatic nitrogens is 4. The Morgan fingerprint density at radius 2 is 1.82 bits per heavy atom. The number of hydrogen-bond donors (Lipinski definition) is 2. The van der Waals surface area contributed by atoms with E-state index < -0.39 is 23.4 Å². The molecule has 0 saturated carbocycles. The summed E-state index contributed by atoms with van der Waals surface area (Å²) in [5, 5.41) is 19.4. The highest BCUT2D eigenvalue weighted by Crippen LogP contribution is 2.20. The highest BCUT2D eigenvalue weighted by molar-refractivity contribution is 5.75. The SMILES string of the molecule is CC(C)=CCn1c(N2CCNCC2)nc2c1c(=O)n(CC#N)c(=O)n2C.O=C(O)C(F)(F)F. The Balaban J connectivity index is 0.000000479. The molecule has 1 aliphatic rings. The van der Waals surface area contributed by atoms with Gasteiger partial charge in [-0.25, -0.2) is 14.2 Å². The van der Waals surface area contributed by atoms with Crippen LogP contribution in [0.1, 0.15) is 13.8 Å². The predicted octanol–water partition coefficient (Wildman–Crippen LogP) is 0.429. The number of piperazine rings is 1. The molecule has 11 nitrogen and oxygen atoms in total. The number of alkyl halides is 3. The minimum atomic E-state index is -5.08. The van der Waals surface area contributed by atoms with Crippen molar-refractivity contribution in [3.05, 3.63) is 32.5 Å². The molecule has 0 atom stereocenters. The Kier molecular flexibility index (Phi) is 8.04. The maximum atomic E-state index is 12.9. The summed E-state index contributed by atoms with van der Waals surface area (Å²) >= 11 is 0. The van der Waals surface area contributed by atoms with Crippen molar-refractivity contribution in [2.45, 2.75) is 33.1 Å². The highest BCUT2D eigenvalue weighted by Gasteiger charge is 2.38. The molecule has 14 heteroatoms. The number of nitrogens with zero attached hydrogens (tertiary/aromatic N) is 6. The lowest BCUT2D eigenvalue weighted by Crippen LogP contribution is -2.44. The van der Waals surface area contributed by atoms with Gasteiger partial charge in [-0.05, 0) is 13.8 Å².